The second-order valence-corrected chi connectivity index (χ2v) is 6.82. The summed E-state index contributed by atoms with van der Waals surface area (Å²) in [5, 5.41) is 1.53. The highest BCUT2D eigenvalue weighted by atomic mass is 32.2. The molecule has 0 fully saturated rings. The van der Waals surface area contributed by atoms with Gasteiger partial charge in [0.1, 0.15) is 22.1 Å². The monoisotopic (exact) mass is 341 g/mol. The first kappa shape index (κ1) is 16.5. The minimum atomic E-state index is -3.78. The molecule has 8 heteroatoms. The van der Waals surface area contributed by atoms with Gasteiger partial charge in [0.25, 0.3) is 0 Å². The predicted octanol–water partition coefficient (Wildman–Crippen LogP) is 1.89. The molecule has 0 spiro atoms. The van der Waals surface area contributed by atoms with Crippen molar-refractivity contribution in [2.75, 3.05) is 20.3 Å². The van der Waals surface area contributed by atoms with Gasteiger partial charge in [-0.15, -0.1) is 11.3 Å². The van der Waals surface area contributed by atoms with Crippen molar-refractivity contribution in [3.63, 3.8) is 0 Å². The third kappa shape index (κ3) is 4.06. The van der Waals surface area contributed by atoms with E-state index in [2.05, 4.69) is 9.46 Å². The number of nitrogens with one attached hydrogen (secondary N) is 1. The van der Waals surface area contributed by atoms with E-state index in [9.17, 15) is 13.2 Å². The van der Waals surface area contributed by atoms with Crippen molar-refractivity contribution in [2.45, 2.75) is 4.90 Å². The molecule has 0 aliphatic carbocycles. The van der Waals surface area contributed by atoms with E-state index in [1.54, 1.807) is 12.1 Å². The number of hydrogen-bond donors (Lipinski definition) is 1. The zero-order valence-corrected chi connectivity index (χ0v) is 13.4. The Balaban J connectivity index is 1.94. The molecule has 0 aliphatic heterocycles. The number of benzene rings is 1. The maximum atomic E-state index is 12.2. The lowest BCUT2D eigenvalue weighted by atomic mass is 10.3. The van der Waals surface area contributed by atoms with Gasteiger partial charge in [0.05, 0.1) is 7.11 Å². The largest absolute Gasteiger partial charge is 0.492 e. The molecule has 0 amide bonds. The number of methoxy groups -OCH3 is 1. The summed E-state index contributed by atoms with van der Waals surface area (Å²) in [4.78, 5) is 11.5. The van der Waals surface area contributed by atoms with Gasteiger partial charge < -0.3 is 9.47 Å². The Bertz CT molecular complexity index is 725. The van der Waals surface area contributed by atoms with Crippen molar-refractivity contribution < 1.29 is 22.7 Å². The molecule has 1 aromatic carbocycles. The minimum absolute atomic E-state index is 0.0546. The molecule has 118 valence electrons. The number of hydrogen-bond acceptors (Lipinski definition) is 6. The van der Waals surface area contributed by atoms with Crippen LogP contribution in [0.25, 0.3) is 0 Å². The normalized spacial score (nSPS) is 11.1. The van der Waals surface area contributed by atoms with Crippen LogP contribution in [0.4, 0.5) is 0 Å². The van der Waals surface area contributed by atoms with Crippen molar-refractivity contribution in [1.82, 2.24) is 4.72 Å². The van der Waals surface area contributed by atoms with Crippen LogP contribution in [-0.2, 0) is 14.8 Å². The first-order valence-corrected chi connectivity index (χ1v) is 8.74. The lowest BCUT2D eigenvalue weighted by Crippen LogP contribution is -2.29. The highest BCUT2D eigenvalue weighted by Crippen LogP contribution is 2.22. The van der Waals surface area contributed by atoms with Crippen LogP contribution in [-0.4, -0.2) is 34.6 Å². The average molecular weight is 341 g/mol. The second kappa shape index (κ2) is 7.39. The molecular weight excluding hydrogens is 326 g/mol. The van der Waals surface area contributed by atoms with E-state index in [-0.39, 0.29) is 22.9 Å². The highest BCUT2D eigenvalue weighted by Gasteiger charge is 2.24. The van der Waals surface area contributed by atoms with E-state index in [0.29, 0.717) is 5.75 Å². The Morgan fingerprint density at radius 2 is 1.95 bits per heavy atom. The van der Waals surface area contributed by atoms with E-state index in [1.807, 2.05) is 18.2 Å². The number of esters is 1. The molecule has 1 N–H and O–H groups in total. The maximum absolute atomic E-state index is 12.2. The van der Waals surface area contributed by atoms with Gasteiger partial charge >= 0.3 is 5.97 Å². The number of para-hydroxylation sites is 1. The highest BCUT2D eigenvalue weighted by molar-refractivity contribution is 7.89. The Morgan fingerprint density at radius 1 is 1.23 bits per heavy atom. The number of carbonyl (C=O) groups excluding carboxylic acids is 1. The zero-order valence-electron chi connectivity index (χ0n) is 11.8. The molecule has 2 aromatic rings. The molecule has 0 saturated heterocycles. The van der Waals surface area contributed by atoms with E-state index in [1.165, 1.54) is 18.6 Å². The van der Waals surface area contributed by atoms with Gasteiger partial charge in [-0.2, -0.15) is 0 Å². The molecule has 1 heterocycles. The van der Waals surface area contributed by atoms with Crippen molar-refractivity contribution in [2.24, 2.45) is 0 Å². The smallest absolute Gasteiger partial charge is 0.349 e. The van der Waals surface area contributed by atoms with Crippen LogP contribution in [0.15, 0.2) is 46.7 Å². The SMILES string of the molecule is COC(=O)c1sccc1S(=O)(=O)NCCOc1ccccc1. The lowest BCUT2D eigenvalue weighted by Gasteiger charge is -2.08. The Labute approximate surface area is 132 Å². The van der Waals surface area contributed by atoms with Gasteiger partial charge in [0.2, 0.25) is 10.0 Å². The molecule has 0 unspecified atom stereocenters. The van der Waals surface area contributed by atoms with E-state index in [0.717, 1.165) is 11.3 Å². The number of carbonyl (C=O) groups is 1. The molecule has 0 radical (unpaired) electrons. The third-order valence-electron chi connectivity index (χ3n) is 2.70. The molecule has 22 heavy (non-hydrogen) atoms. The molecule has 0 bridgehead atoms. The van der Waals surface area contributed by atoms with Gasteiger partial charge in [0, 0.05) is 6.54 Å². The van der Waals surface area contributed by atoms with E-state index in [4.69, 9.17) is 4.74 Å². The molecule has 0 atom stereocenters. The molecule has 0 saturated carbocycles. The van der Waals surface area contributed by atoms with Gasteiger partial charge in [-0.05, 0) is 23.6 Å². The van der Waals surface area contributed by atoms with Crippen LogP contribution in [0.5, 0.6) is 5.75 Å². The van der Waals surface area contributed by atoms with Crippen LogP contribution in [0, 0.1) is 0 Å². The third-order valence-corrected chi connectivity index (χ3v) is 5.22. The fraction of sp³-hybridized carbons (Fsp3) is 0.214. The Hall–Kier alpha value is -1.90. The minimum Gasteiger partial charge on any atom is -0.492 e. The number of sulfonamides is 1. The van der Waals surface area contributed by atoms with Gasteiger partial charge in [-0.25, -0.2) is 17.9 Å². The van der Waals surface area contributed by atoms with Crippen molar-refractivity contribution in [3.05, 3.63) is 46.7 Å². The first-order valence-electron chi connectivity index (χ1n) is 6.38. The van der Waals surface area contributed by atoms with Crippen LogP contribution in [0.1, 0.15) is 9.67 Å². The zero-order chi connectivity index (χ0) is 16.0. The molecule has 1 aromatic heterocycles. The van der Waals surface area contributed by atoms with Crippen molar-refractivity contribution in [3.8, 4) is 5.75 Å². The summed E-state index contributed by atoms with van der Waals surface area (Å²) in [6, 6.07) is 10.4. The fourth-order valence-corrected chi connectivity index (χ4v) is 4.04. The topological polar surface area (TPSA) is 81.7 Å². The van der Waals surface area contributed by atoms with Crippen LogP contribution in [0.3, 0.4) is 0 Å². The van der Waals surface area contributed by atoms with E-state index >= 15 is 0 Å². The second-order valence-electron chi connectivity index (χ2n) is 4.16. The summed E-state index contributed by atoms with van der Waals surface area (Å²) in [6.45, 7) is 0.272. The summed E-state index contributed by atoms with van der Waals surface area (Å²) in [5.74, 6) is -0.0107. The standard InChI is InChI=1S/C14H15NO5S2/c1-19-14(16)13-12(7-10-21-13)22(17,18)15-8-9-20-11-5-3-2-4-6-11/h2-7,10,15H,8-9H2,1H3. The lowest BCUT2D eigenvalue weighted by molar-refractivity contribution is 0.0602. The van der Waals surface area contributed by atoms with Crippen molar-refractivity contribution in [1.29, 1.82) is 0 Å². The van der Waals surface area contributed by atoms with Gasteiger partial charge in [-0.3, -0.25) is 0 Å². The maximum Gasteiger partial charge on any atom is 0.349 e. The summed E-state index contributed by atoms with van der Waals surface area (Å²) in [5.41, 5.74) is 0. The summed E-state index contributed by atoms with van der Waals surface area (Å²) < 4.78 is 36.7. The number of rotatable bonds is 7. The summed E-state index contributed by atoms with van der Waals surface area (Å²) >= 11 is 1.02. The van der Waals surface area contributed by atoms with Gasteiger partial charge in [0.15, 0.2) is 0 Å². The molecular formula is C14H15NO5S2. The number of ether oxygens (including phenoxy) is 2. The summed E-state index contributed by atoms with van der Waals surface area (Å²) in [6.07, 6.45) is 0. The van der Waals surface area contributed by atoms with Gasteiger partial charge in [-0.1, -0.05) is 18.2 Å². The van der Waals surface area contributed by atoms with E-state index < -0.39 is 16.0 Å². The Kier molecular flexibility index (Phi) is 5.53. The van der Waals surface area contributed by atoms with Crippen LogP contribution >= 0.6 is 11.3 Å². The van der Waals surface area contributed by atoms with Crippen molar-refractivity contribution >= 4 is 27.3 Å². The first-order chi connectivity index (χ1) is 10.5. The molecule has 0 aliphatic rings. The van der Waals surface area contributed by atoms with Crippen LogP contribution < -0.4 is 9.46 Å². The molecule has 2 rings (SSSR count). The number of thiophene rings is 1. The average Bonchev–Trinajstić information content (AvgIpc) is 3.02. The van der Waals surface area contributed by atoms with Crippen LogP contribution in [0.2, 0.25) is 0 Å². The molecule has 6 nitrogen and oxygen atoms in total. The predicted molar refractivity (Wildman–Crippen MR) is 82.8 cm³/mol. The fourth-order valence-electron chi connectivity index (χ4n) is 1.69. The quantitative estimate of drug-likeness (QED) is 0.614. The summed E-state index contributed by atoms with van der Waals surface area (Å²) in [7, 11) is -2.57. The Morgan fingerprint density at radius 3 is 2.64 bits per heavy atom.